The van der Waals surface area contributed by atoms with E-state index in [2.05, 4.69) is 10.6 Å². The molecule has 1 fully saturated rings. The average molecular weight is 329 g/mol. The Balaban J connectivity index is 1.73. The van der Waals surface area contributed by atoms with Crippen molar-refractivity contribution in [1.82, 2.24) is 0 Å². The fourth-order valence-corrected chi connectivity index (χ4v) is 2.37. The van der Waals surface area contributed by atoms with Crippen molar-refractivity contribution >= 4 is 23.0 Å². The highest BCUT2D eigenvalue weighted by Gasteiger charge is 2.23. The number of carbonyl (C=O) groups excluding carboxylic acids is 1. The first kappa shape index (κ1) is 15.9. The van der Waals surface area contributed by atoms with Crippen molar-refractivity contribution < 1.29 is 14.1 Å². The molecule has 0 radical (unpaired) electrons. The van der Waals surface area contributed by atoms with Crippen molar-refractivity contribution in [2.45, 2.75) is 25.3 Å². The Morgan fingerprint density at radius 2 is 2.00 bits per heavy atom. The number of hydrogen-bond acceptors (Lipinski definition) is 4. The van der Waals surface area contributed by atoms with Gasteiger partial charge in [-0.25, -0.2) is 4.39 Å². The molecule has 1 aliphatic carbocycles. The van der Waals surface area contributed by atoms with E-state index in [0.717, 1.165) is 12.8 Å². The fraction of sp³-hybridized carbons (Fsp3) is 0.235. The van der Waals surface area contributed by atoms with E-state index in [1.807, 2.05) is 0 Å². The molecule has 0 aromatic heterocycles. The minimum Gasteiger partial charge on any atom is -0.381 e. The molecular weight excluding hydrogens is 313 g/mol. The third kappa shape index (κ3) is 3.87. The molecule has 0 unspecified atom stereocenters. The summed E-state index contributed by atoms with van der Waals surface area (Å²) in [4.78, 5) is 22.5. The lowest BCUT2D eigenvalue weighted by Crippen LogP contribution is -2.17. The number of rotatable bonds is 6. The quantitative estimate of drug-likeness (QED) is 0.627. The van der Waals surface area contributed by atoms with Crippen LogP contribution in [0.3, 0.4) is 0 Å². The zero-order chi connectivity index (χ0) is 17.1. The molecule has 0 saturated heterocycles. The van der Waals surface area contributed by atoms with Crippen LogP contribution in [0.25, 0.3) is 0 Å². The molecule has 2 aromatic rings. The van der Waals surface area contributed by atoms with Crippen molar-refractivity contribution in [3.63, 3.8) is 0 Å². The third-order valence-corrected chi connectivity index (χ3v) is 3.70. The Bertz CT molecular complexity index is 790. The number of halogens is 1. The fourth-order valence-electron chi connectivity index (χ4n) is 2.37. The van der Waals surface area contributed by atoms with Crippen LogP contribution in [-0.4, -0.2) is 16.9 Å². The number of nitro groups is 1. The molecule has 0 heterocycles. The minimum atomic E-state index is -0.520. The van der Waals surface area contributed by atoms with Gasteiger partial charge in [-0.1, -0.05) is 18.2 Å². The number of non-ortho nitro benzene ring substituents is 1. The lowest BCUT2D eigenvalue weighted by molar-refractivity contribution is -0.384. The maximum Gasteiger partial charge on any atom is 0.269 e. The van der Waals surface area contributed by atoms with Gasteiger partial charge in [-0.3, -0.25) is 14.9 Å². The summed E-state index contributed by atoms with van der Waals surface area (Å²) in [6.45, 7) is 0. The third-order valence-electron chi connectivity index (χ3n) is 3.70. The molecule has 0 atom stereocenters. The van der Waals surface area contributed by atoms with Gasteiger partial charge in [0, 0.05) is 18.2 Å². The largest absolute Gasteiger partial charge is 0.381 e. The predicted molar refractivity (Wildman–Crippen MR) is 88.5 cm³/mol. The molecule has 1 saturated carbocycles. The maximum atomic E-state index is 14.0. The molecule has 1 aliphatic rings. The molecule has 0 spiro atoms. The lowest BCUT2D eigenvalue weighted by atomic mass is 10.1. The van der Waals surface area contributed by atoms with Crippen LogP contribution in [0.4, 0.5) is 21.5 Å². The molecule has 6 nitrogen and oxygen atoms in total. The van der Waals surface area contributed by atoms with Crippen LogP contribution in [0.5, 0.6) is 0 Å². The van der Waals surface area contributed by atoms with Gasteiger partial charge in [0.2, 0.25) is 5.91 Å². The number of nitrogens with one attached hydrogen (secondary N) is 2. The van der Waals surface area contributed by atoms with Crippen LogP contribution in [0.2, 0.25) is 0 Å². The monoisotopic (exact) mass is 329 g/mol. The van der Waals surface area contributed by atoms with E-state index in [-0.39, 0.29) is 17.8 Å². The summed E-state index contributed by atoms with van der Waals surface area (Å²) in [7, 11) is 0. The summed E-state index contributed by atoms with van der Waals surface area (Å²) in [5.74, 6) is -0.951. The molecule has 24 heavy (non-hydrogen) atoms. The molecule has 1 amide bonds. The molecule has 0 aliphatic heterocycles. The number of anilines is 2. The molecule has 0 bridgehead atoms. The number of nitrogens with zero attached hydrogens (tertiary/aromatic N) is 1. The second-order valence-electron chi connectivity index (χ2n) is 5.73. The van der Waals surface area contributed by atoms with Crippen LogP contribution in [0, 0.1) is 15.9 Å². The molecule has 2 N–H and O–H groups in total. The van der Waals surface area contributed by atoms with E-state index in [4.69, 9.17) is 0 Å². The Kier molecular flexibility index (Phi) is 4.41. The number of hydrogen-bond donors (Lipinski definition) is 2. The van der Waals surface area contributed by atoms with Gasteiger partial charge < -0.3 is 10.6 Å². The molecule has 124 valence electrons. The normalized spacial score (nSPS) is 13.4. The number of para-hydroxylation sites is 1. The van der Waals surface area contributed by atoms with Crippen molar-refractivity contribution in [3.05, 3.63) is 64.0 Å². The molecular formula is C17H16FN3O3. The predicted octanol–water partition coefficient (Wildman–Crippen LogP) is 3.49. The SMILES string of the molecule is O=C(Cc1cccc([N+](=O)[O-])c1)Nc1c(F)cccc1NC1CC1. The standard InChI is InChI=1S/C17H16FN3O3/c18-14-5-2-6-15(19-12-7-8-12)17(14)20-16(22)10-11-3-1-4-13(9-11)21(23)24/h1-6,9,12,19H,7-8,10H2,(H,20,22). The maximum absolute atomic E-state index is 14.0. The highest BCUT2D eigenvalue weighted by atomic mass is 19.1. The summed E-state index contributed by atoms with van der Waals surface area (Å²) in [5.41, 5.74) is 1.07. The number of carbonyl (C=O) groups is 1. The first-order valence-corrected chi connectivity index (χ1v) is 7.61. The van der Waals surface area contributed by atoms with Gasteiger partial charge in [0.05, 0.1) is 17.0 Å². The van der Waals surface area contributed by atoms with Gasteiger partial charge in [0.1, 0.15) is 11.5 Å². The van der Waals surface area contributed by atoms with Crippen LogP contribution in [-0.2, 0) is 11.2 Å². The van der Waals surface area contributed by atoms with Crippen molar-refractivity contribution in [2.75, 3.05) is 10.6 Å². The Morgan fingerprint density at radius 1 is 1.25 bits per heavy atom. The topological polar surface area (TPSA) is 84.3 Å². The highest BCUT2D eigenvalue weighted by Crippen LogP contribution is 2.31. The lowest BCUT2D eigenvalue weighted by Gasteiger charge is -2.13. The van der Waals surface area contributed by atoms with Crippen LogP contribution >= 0.6 is 0 Å². The zero-order valence-electron chi connectivity index (χ0n) is 12.8. The first-order valence-electron chi connectivity index (χ1n) is 7.61. The summed E-state index contributed by atoms with van der Waals surface area (Å²) >= 11 is 0. The van der Waals surface area contributed by atoms with Crippen molar-refractivity contribution in [3.8, 4) is 0 Å². The summed E-state index contributed by atoms with van der Waals surface area (Å²) in [6, 6.07) is 10.7. The van der Waals surface area contributed by atoms with Crippen molar-refractivity contribution in [2.24, 2.45) is 0 Å². The molecule has 7 heteroatoms. The van der Waals surface area contributed by atoms with E-state index in [9.17, 15) is 19.3 Å². The smallest absolute Gasteiger partial charge is 0.269 e. The van der Waals surface area contributed by atoms with Gasteiger partial charge in [-0.2, -0.15) is 0 Å². The van der Waals surface area contributed by atoms with E-state index in [0.29, 0.717) is 17.3 Å². The van der Waals surface area contributed by atoms with E-state index in [1.165, 1.54) is 24.3 Å². The Morgan fingerprint density at radius 3 is 2.71 bits per heavy atom. The molecule has 2 aromatic carbocycles. The number of benzene rings is 2. The summed E-state index contributed by atoms with van der Waals surface area (Å²) in [5, 5.41) is 16.5. The second-order valence-corrected chi connectivity index (χ2v) is 5.73. The Hall–Kier alpha value is -2.96. The van der Waals surface area contributed by atoms with E-state index in [1.54, 1.807) is 18.2 Å². The second kappa shape index (κ2) is 6.66. The van der Waals surface area contributed by atoms with Gasteiger partial charge in [0.25, 0.3) is 5.69 Å². The zero-order valence-corrected chi connectivity index (χ0v) is 12.8. The minimum absolute atomic E-state index is 0.0706. The van der Waals surface area contributed by atoms with E-state index < -0.39 is 16.6 Å². The van der Waals surface area contributed by atoms with Gasteiger partial charge in [-0.05, 0) is 30.5 Å². The number of nitro benzene ring substituents is 1. The summed E-state index contributed by atoms with van der Waals surface area (Å²) in [6.07, 6.45) is 1.98. The molecule has 3 rings (SSSR count). The summed E-state index contributed by atoms with van der Waals surface area (Å²) < 4.78 is 14.0. The van der Waals surface area contributed by atoms with Gasteiger partial charge in [0.15, 0.2) is 0 Å². The van der Waals surface area contributed by atoms with Crippen LogP contribution in [0.15, 0.2) is 42.5 Å². The number of amides is 1. The first-order chi connectivity index (χ1) is 11.5. The van der Waals surface area contributed by atoms with Gasteiger partial charge >= 0.3 is 0 Å². The van der Waals surface area contributed by atoms with Crippen molar-refractivity contribution in [1.29, 1.82) is 0 Å². The van der Waals surface area contributed by atoms with E-state index >= 15 is 0 Å². The average Bonchev–Trinajstić information content (AvgIpc) is 3.35. The van der Waals surface area contributed by atoms with Crippen LogP contribution in [0.1, 0.15) is 18.4 Å². The van der Waals surface area contributed by atoms with Crippen LogP contribution < -0.4 is 10.6 Å². The highest BCUT2D eigenvalue weighted by molar-refractivity contribution is 5.95. The van der Waals surface area contributed by atoms with Gasteiger partial charge in [-0.15, -0.1) is 0 Å². The Labute approximate surface area is 137 Å².